The SMILES string of the molecule is COC(=O)OCC=CN. The number of carbonyl (C=O) groups excluding carboxylic acids is 1. The lowest BCUT2D eigenvalue weighted by Gasteiger charge is -1.96. The minimum absolute atomic E-state index is 0.156. The summed E-state index contributed by atoms with van der Waals surface area (Å²) in [5.41, 5.74) is 4.94. The van der Waals surface area contributed by atoms with Crippen molar-refractivity contribution in [2.24, 2.45) is 5.73 Å². The van der Waals surface area contributed by atoms with Gasteiger partial charge in [-0.3, -0.25) is 0 Å². The summed E-state index contributed by atoms with van der Waals surface area (Å²) in [7, 11) is 1.24. The molecule has 0 aromatic carbocycles. The van der Waals surface area contributed by atoms with Crippen LogP contribution in [0.25, 0.3) is 0 Å². The molecule has 0 aliphatic heterocycles. The van der Waals surface area contributed by atoms with E-state index in [1.54, 1.807) is 0 Å². The van der Waals surface area contributed by atoms with E-state index in [1.165, 1.54) is 19.4 Å². The van der Waals surface area contributed by atoms with Gasteiger partial charge in [-0.25, -0.2) is 4.79 Å². The van der Waals surface area contributed by atoms with E-state index in [9.17, 15) is 4.79 Å². The van der Waals surface area contributed by atoms with Gasteiger partial charge >= 0.3 is 6.16 Å². The summed E-state index contributed by atoms with van der Waals surface area (Å²) in [6.45, 7) is 0.156. The zero-order chi connectivity index (χ0) is 7.11. The zero-order valence-corrected chi connectivity index (χ0v) is 5.16. The Morgan fingerprint density at radius 1 is 1.78 bits per heavy atom. The highest BCUT2D eigenvalue weighted by Crippen LogP contribution is 1.80. The van der Waals surface area contributed by atoms with Gasteiger partial charge in [-0.15, -0.1) is 0 Å². The second-order valence-electron chi connectivity index (χ2n) is 1.19. The Morgan fingerprint density at radius 2 is 2.44 bits per heavy atom. The summed E-state index contributed by atoms with van der Waals surface area (Å²) in [5.74, 6) is 0. The smallest absolute Gasteiger partial charge is 0.438 e. The third kappa shape index (κ3) is 4.67. The van der Waals surface area contributed by atoms with Crippen LogP contribution >= 0.6 is 0 Å². The molecule has 0 fully saturated rings. The lowest BCUT2D eigenvalue weighted by atomic mass is 10.7. The molecule has 0 aliphatic carbocycles. The molecule has 0 heterocycles. The second kappa shape index (κ2) is 4.96. The summed E-state index contributed by atoms with van der Waals surface area (Å²) in [6.07, 6.45) is 2.09. The van der Waals surface area contributed by atoms with Gasteiger partial charge < -0.3 is 15.2 Å². The molecule has 0 unspecified atom stereocenters. The fraction of sp³-hybridized carbons (Fsp3) is 0.400. The Hall–Kier alpha value is -1.19. The van der Waals surface area contributed by atoms with Crippen LogP contribution in [0.15, 0.2) is 12.3 Å². The normalized spacial score (nSPS) is 9.44. The molecule has 0 spiro atoms. The molecule has 0 bridgehead atoms. The highest BCUT2D eigenvalue weighted by atomic mass is 16.7. The third-order valence-corrected chi connectivity index (χ3v) is 0.600. The Balaban J connectivity index is 3.17. The van der Waals surface area contributed by atoms with Crippen LogP contribution < -0.4 is 5.73 Å². The second-order valence-corrected chi connectivity index (χ2v) is 1.19. The summed E-state index contributed by atoms with van der Waals surface area (Å²) in [6, 6.07) is 0. The molecule has 4 heteroatoms. The van der Waals surface area contributed by atoms with Crippen LogP contribution in [-0.4, -0.2) is 19.9 Å². The van der Waals surface area contributed by atoms with E-state index in [1.807, 2.05) is 0 Å². The molecule has 0 atom stereocenters. The highest BCUT2D eigenvalue weighted by molar-refractivity contribution is 5.59. The van der Waals surface area contributed by atoms with E-state index in [2.05, 4.69) is 9.47 Å². The van der Waals surface area contributed by atoms with Crippen molar-refractivity contribution in [2.75, 3.05) is 13.7 Å². The number of nitrogens with two attached hydrogens (primary N) is 1. The molecule has 52 valence electrons. The summed E-state index contributed by atoms with van der Waals surface area (Å²) in [5, 5.41) is 0. The van der Waals surface area contributed by atoms with Crippen LogP contribution in [0.3, 0.4) is 0 Å². The number of methoxy groups -OCH3 is 1. The number of ether oxygens (including phenoxy) is 2. The molecular formula is C5H9NO3. The fourth-order valence-corrected chi connectivity index (χ4v) is 0.231. The van der Waals surface area contributed by atoms with E-state index in [0.717, 1.165) is 0 Å². The zero-order valence-electron chi connectivity index (χ0n) is 5.16. The lowest BCUT2D eigenvalue weighted by molar-refractivity contribution is 0.0818. The van der Waals surface area contributed by atoms with Crippen LogP contribution in [0, 0.1) is 0 Å². The molecular weight excluding hydrogens is 122 g/mol. The molecule has 0 amide bonds. The minimum atomic E-state index is -0.701. The molecule has 0 saturated carbocycles. The highest BCUT2D eigenvalue weighted by Gasteiger charge is 1.94. The average molecular weight is 131 g/mol. The largest absolute Gasteiger partial charge is 0.508 e. The minimum Gasteiger partial charge on any atom is -0.438 e. The number of hydrogen-bond donors (Lipinski definition) is 1. The van der Waals surface area contributed by atoms with Gasteiger partial charge in [-0.2, -0.15) is 0 Å². The van der Waals surface area contributed by atoms with Gasteiger partial charge in [-0.1, -0.05) is 0 Å². The van der Waals surface area contributed by atoms with Crippen LogP contribution in [0.4, 0.5) is 4.79 Å². The maximum Gasteiger partial charge on any atom is 0.508 e. The molecule has 0 aromatic heterocycles. The van der Waals surface area contributed by atoms with E-state index in [0.29, 0.717) is 0 Å². The summed E-state index contributed by atoms with van der Waals surface area (Å²) < 4.78 is 8.56. The van der Waals surface area contributed by atoms with Gasteiger partial charge in [0.15, 0.2) is 0 Å². The third-order valence-electron chi connectivity index (χ3n) is 0.600. The first-order valence-electron chi connectivity index (χ1n) is 2.38. The predicted molar refractivity (Wildman–Crippen MR) is 31.7 cm³/mol. The average Bonchev–Trinajstić information content (AvgIpc) is 1.89. The van der Waals surface area contributed by atoms with Crippen LogP contribution in [-0.2, 0) is 9.47 Å². The number of rotatable bonds is 2. The van der Waals surface area contributed by atoms with Crippen molar-refractivity contribution >= 4 is 6.16 Å². The molecule has 0 aliphatic rings. The fourth-order valence-electron chi connectivity index (χ4n) is 0.231. The molecule has 0 saturated heterocycles. The first-order valence-corrected chi connectivity index (χ1v) is 2.38. The molecule has 0 radical (unpaired) electrons. The first-order chi connectivity index (χ1) is 4.31. The quantitative estimate of drug-likeness (QED) is 0.545. The van der Waals surface area contributed by atoms with E-state index >= 15 is 0 Å². The van der Waals surface area contributed by atoms with E-state index in [4.69, 9.17) is 5.73 Å². The lowest BCUT2D eigenvalue weighted by Crippen LogP contribution is -2.03. The number of hydrogen-bond acceptors (Lipinski definition) is 4. The molecule has 0 rings (SSSR count). The predicted octanol–water partition coefficient (Wildman–Crippen LogP) is 0.242. The maximum atomic E-state index is 10.2. The van der Waals surface area contributed by atoms with E-state index < -0.39 is 6.16 Å². The van der Waals surface area contributed by atoms with Crippen LogP contribution in [0.2, 0.25) is 0 Å². The van der Waals surface area contributed by atoms with Crippen molar-refractivity contribution < 1.29 is 14.3 Å². The monoisotopic (exact) mass is 131 g/mol. The van der Waals surface area contributed by atoms with Crippen molar-refractivity contribution in [3.8, 4) is 0 Å². The first kappa shape index (κ1) is 7.81. The van der Waals surface area contributed by atoms with Crippen molar-refractivity contribution in [3.63, 3.8) is 0 Å². The van der Waals surface area contributed by atoms with Crippen molar-refractivity contribution in [2.45, 2.75) is 0 Å². The Morgan fingerprint density at radius 3 is 2.89 bits per heavy atom. The Labute approximate surface area is 53.2 Å². The van der Waals surface area contributed by atoms with Gasteiger partial charge in [-0.05, 0) is 12.3 Å². The molecule has 9 heavy (non-hydrogen) atoms. The molecule has 4 nitrogen and oxygen atoms in total. The maximum absolute atomic E-state index is 10.2. The van der Waals surface area contributed by atoms with Gasteiger partial charge in [0, 0.05) is 0 Å². The Kier molecular flexibility index (Phi) is 4.30. The van der Waals surface area contributed by atoms with Gasteiger partial charge in [0.25, 0.3) is 0 Å². The van der Waals surface area contributed by atoms with Crippen molar-refractivity contribution in [1.82, 2.24) is 0 Å². The summed E-state index contributed by atoms with van der Waals surface area (Å²) in [4.78, 5) is 10.2. The van der Waals surface area contributed by atoms with Gasteiger partial charge in [0.2, 0.25) is 0 Å². The standard InChI is InChI=1S/C5H9NO3/c1-8-5(7)9-4-2-3-6/h2-3H,4,6H2,1H3. The van der Waals surface area contributed by atoms with Crippen LogP contribution in [0.5, 0.6) is 0 Å². The van der Waals surface area contributed by atoms with Gasteiger partial charge in [0.1, 0.15) is 6.61 Å². The van der Waals surface area contributed by atoms with Crippen molar-refractivity contribution in [3.05, 3.63) is 12.3 Å². The van der Waals surface area contributed by atoms with Crippen LogP contribution in [0.1, 0.15) is 0 Å². The van der Waals surface area contributed by atoms with Crippen molar-refractivity contribution in [1.29, 1.82) is 0 Å². The molecule has 0 aromatic rings. The number of carbonyl (C=O) groups is 1. The van der Waals surface area contributed by atoms with E-state index in [-0.39, 0.29) is 6.61 Å². The topological polar surface area (TPSA) is 61.5 Å². The Bertz CT molecular complexity index is 111. The molecule has 2 N–H and O–H groups in total. The van der Waals surface area contributed by atoms with Gasteiger partial charge in [0.05, 0.1) is 7.11 Å². The summed E-state index contributed by atoms with van der Waals surface area (Å²) >= 11 is 0.